The average Bonchev–Trinajstić information content (AvgIpc) is 2.60. The van der Waals surface area contributed by atoms with E-state index in [1.807, 2.05) is 31.2 Å². The molecule has 1 aromatic carbocycles. The average molecular weight is 318 g/mol. The Labute approximate surface area is 137 Å². The van der Waals surface area contributed by atoms with Gasteiger partial charge < -0.3 is 4.74 Å². The minimum atomic E-state index is -0.180. The molecule has 23 heavy (non-hydrogen) atoms. The molecule has 0 aliphatic heterocycles. The normalized spacial score (nSPS) is 15.0. The predicted octanol–water partition coefficient (Wildman–Crippen LogP) is 2.75. The summed E-state index contributed by atoms with van der Waals surface area (Å²) in [6.45, 7) is 2.53. The molecule has 0 atom stereocenters. The molecule has 5 heteroatoms. The van der Waals surface area contributed by atoms with Crippen LogP contribution in [-0.2, 0) is 16.0 Å². The summed E-state index contributed by atoms with van der Waals surface area (Å²) >= 11 is 0. The van der Waals surface area contributed by atoms with Crippen LogP contribution in [0.3, 0.4) is 0 Å². The number of rotatable bonds is 6. The molecule has 1 aliphatic carbocycles. The van der Waals surface area contributed by atoms with Crippen molar-refractivity contribution in [3.63, 3.8) is 0 Å². The van der Waals surface area contributed by atoms with Gasteiger partial charge in [0.25, 0.3) is 0 Å². The van der Waals surface area contributed by atoms with Crippen molar-refractivity contribution in [1.82, 2.24) is 10.9 Å². The Bertz CT molecular complexity index is 525. The van der Waals surface area contributed by atoms with Crippen molar-refractivity contribution in [3.05, 3.63) is 29.8 Å². The Hall–Kier alpha value is -2.04. The molecule has 0 bridgehead atoms. The summed E-state index contributed by atoms with van der Waals surface area (Å²) in [5.74, 6) is 0.616. The molecule has 0 unspecified atom stereocenters. The Balaban J connectivity index is 1.73. The summed E-state index contributed by atoms with van der Waals surface area (Å²) in [4.78, 5) is 23.9. The first-order valence-electron chi connectivity index (χ1n) is 8.50. The molecule has 5 nitrogen and oxygen atoms in total. The molecule has 1 saturated carbocycles. The minimum absolute atomic E-state index is 0.0442. The van der Waals surface area contributed by atoms with E-state index in [2.05, 4.69) is 10.9 Å². The summed E-state index contributed by atoms with van der Waals surface area (Å²) in [6, 6.07) is 7.71. The van der Waals surface area contributed by atoms with E-state index in [1.165, 1.54) is 6.42 Å². The molecule has 2 rings (SSSR count). The Morgan fingerprint density at radius 3 is 2.61 bits per heavy atom. The first kappa shape index (κ1) is 17.3. The fourth-order valence-electron chi connectivity index (χ4n) is 2.92. The number of carbonyl (C=O) groups excluding carboxylic acids is 2. The van der Waals surface area contributed by atoms with Gasteiger partial charge in [0, 0.05) is 12.3 Å². The third-order valence-electron chi connectivity index (χ3n) is 4.19. The zero-order chi connectivity index (χ0) is 16.5. The van der Waals surface area contributed by atoms with Crippen molar-refractivity contribution in [2.45, 2.75) is 51.9 Å². The maximum Gasteiger partial charge on any atom is 0.241 e. The Morgan fingerprint density at radius 1 is 1.13 bits per heavy atom. The van der Waals surface area contributed by atoms with E-state index in [9.17, 15) is 9.59 Å². The quantitative estimate of drug-likeness (QED) is 0.793. The lowest BCUT2D eigenvalue weighted by Crippen LogP contribution is -2.45. The van der Waals surface area contributed by atoms with Gasteiger partial charge in [-0.2, -0.15) is 0 Å². The van der Waals surface area contributed by atoms with E-state index in [1.54, 1.807) is 0 Å². The second-order valence-corrected chi connectivity index (χ2v) is 5.91. The van der Waals surface area contributed by atoms with Crippen molar-refractivity contribution in [1.29, 1.82) is 0 Å². The van der Waals surface area contributed by atoms with Gasteiger partial charge in [-0.1, -0.05) is 37.5 Å². The van der Waals surface area contributed by atoms with Crippen LogP contribution in [-0.4, -0.2) is 18.4 Å². The lowest BCUT2D eigenvalue weighted by molar-refractivity contribution is -0.131. The number of aryl methyl sites for hydroxylation is 1. The maximum absolute atomic E-state index is 12.0. The van der Waals surface area contributed by atoms with Crippen LogP contribution in [0.15, 0.2) is 24.3 Å². The number of amides is 2. The summed E-state index contributed by atoms with van der Waals surface area (Å²) in [6.07, 6.45) is 6.14. The van der Waals surface area contributed by atoms with Crippen LogP contribution in [0.5, 0.6) is 5.75 Å². The van der Waals surface area contributed by atoms with Gasteiger partial charge in [-0.25, -0.2) is 0 Å². The van der Waals surface area contributed by atoms with Crippen LogP contribution in [0, 0.1) is 5.92 Å². The molecule has 0 heterocycles. The fraction of sp³-hybridized carbons (Fsp3) is 0.556. The first-order chi connectivity index (χ1) is 11.2. The van der Waals surface area contributed by atoms with Gasteiger partial charge in [0.05, 0.1) is 6.61 Å². The zero-order valence-electron chi connectivity index (χ0n) is 13.8. The van der Waals surface area contributed by atoms with Gasteiger partial charge in [0.15, 0.2) is 0 Å². The van der Waals surface area contributed by atoms with Crippen LogP contribution in [0.1, 0.15) is 51.0 Å². The van der Waals surface area contributed by atoms with Gasteiger partial charge in [-0.15, -0.1) is 0 Å². The summed E-state index contributed by atoms with van der Waals surface area (Å²) < 4.78 is 5.55. The van der Waals surface area contributed by atoms with Crippen LogP contribution < -0.4 is 15.6 Å². The molecule has 1 aromatic rings. The molecule has 2 amide bonds. The first-order valence-corrected chi connectivity index (χ1v) is 8.50. The number of nitrogens with one attached hydrogen (secondary N) is 2. The third kappa shape index (κ3) is 5.58. The molecule has 2 N–H and O–H groups in total. The van der Waals surface area contributed by atoms with Crippen molar-refractivity contribution in [3.8, 4) is 5.75 Å². The summed E-state index contributed by atoms with van der Waals surface area (Å²) in [5.41, 5.74) is 6.08. The lowest BCUT2D eigenvalue weighted by atomic mass is 9.89. The van der Waals surface area contributed by atoms with Gasteiger partial charge in [-0.3, -0.25) is 20.4 Å². The third-order valence-corrected chi connectivity index (χ3v) is 4.19. The monoisotopic (exact) mass is 318 g/mol. The minimum Gasteiger partial charge on any atom is -0.494 e. The van der Waals surface area contributed by atoms with Gasteiger partial charge in [-0.05, 0) is 37.8 Å². The van der Waals surface area contributed by atoms with Crippen LogP contribution in [0.25, 0.3) is 0 Å². The van der Waals surface area contributed by atoms with E-state index < -0.39 is 0 Å². The van der Waals surface area contributed by atoms with E-state index in [-0.39, 0.29) is 17.7 Å². The standard InChI is InChI=1S/C18H26N2O3/c1-2-23-16-11-7-6-8-14(16)12-13-17(21)19-20-18(22)15-9-4-3-5-10-15/h6-8,11,15H,2-5,9-10,12-13H2,1H3,(H,19,21)(H,20,22). The highest BCUT2D eigenvalue weighted by Gasteiger charge is 2.21. The van der Waals surface area contributed by atoms with Crippen LogP contribution in [0.2, 0.25) is 0 Å². The van der Waals surface area contributed by atoms with Crippen LogP contribution >= 0.6 is 0 Å². The highest BCUT2D eigenvalue weighted by Crippen LogP contribution is 2.23. The van der Waals surface area contributed by atoms with E-state index in [0.717, 1.165) is 37.0 Å². The van der Waals surface area contributed by atoms with Crippen molar-refractivity contribution in [2.75, 3.05) is 6.61 Å². The van der Waals surface area contributed by atoms with Gasteiger partial charge in [0.2, 0.25) is 11.8 Å². The molecule has 0 aromatic heterocycles. The number of ether oxygens (including phenoxy) is 1. The SMILES string of the molecule is CCOc1ccccc1CCC(=O)NNC(=O)C1CCCCC1. The topological polar surface area (TPSA) is 67.4 Å². The molecule has 0 spiro atoms. The second-order valence-electron chi connectivity index (χ2n) is 5.91. The summed E-state index contributed by atoms with van der Waals surface area (Å²) in [7, 11) is 0. The number of hydrazine groups is 1. The predicted molar refractivity (Wildman–Crippen MR) is 88.8 cm³/mol. The fourth-order valence-corrected chi connectivity index (χ4v) is 2.92. The molecule has 1 fully saturated rings. The molecule has 126 valence electrons. The van der Waals surface area contributed by atoms with Crippen molar-refractivity contribution in [2.24, 2.45) is 5.92 Å². The van der Waals surface area contributed by atoms with Crippen molar-refractivity contribution < 1.29 is 14.3 Å². The second kappa shape index (κ2) is 9.18. The van der Waals surface area contributed by atoms with E-state index in [4.69, 9.17) is 4.74 Å². The molecular weight excluding hydrogens is 292 g/mol. The maximum atomic E-state index is 12.0. The van der Waals surface area contributed by atoms with E-state index >= 15 is 0 Å². The largest absolute Gasteiger partial charge is 0.494 e. The number of para-hydroxylation sites is 1. The highest BCUT2D eigenvalue weighted by molar-refractivity contribution is 5.83. The number of carbonyl (C=O) groups is 2. The molecule has 0 radical (unpaired) electrons. The highest BCUT2D eigenvalue weighted by atomic mass is 16.5. The number of hydrogen-bond acceptors (Lipinski definition) is 3. The molecule has 1 aliphatic rings. The lowest BCUT2D eigenvalue weighted by Gasteiger charge is -2.20. The molecular formula is C18H26N2O3. The Kier molecular flexibility index (Phi) is 6.91. The number of hydrogen-bond donors (Lipinski definition) is 2. The van der Waals surface area contributed by atoms with Gasteiger partial charge >= 0.3 is 0 Å². The zero-order valence-corrected chi connectivity index (χ0v) is 13.8. The summed E-state index contributed by atoms with van der Waals surface area (Å²) in [5, 5.41) is 0. The smallest absolute Gasteiger partial charge is 0.241 e. The van der Waals surface area contributed by atoms with Crippen molar-refractivity contribution >= 4 is 11.8 Å². The number of benzene rings is 1. The van der Waals surface area contributed by atoms with Gasteiger partial charge in [0.1, 0.15) is 5.75 Å². The Morgan fingerprint density at radius 2 is 1.87 bits per heavy atom. The van der Waals surface area contributed by atoms with E-state index in [0.29, 0.717) is 19.4 Å². The molecule has 0 saturated heterocycles. The van der Waals surface area contributed by atoms with Crippen LogP contribution in [0.4, 0.5) is 0 Å².